The van der Waals surface area contributed by atoms with E-state index < -0.39 is 0 Å². The number of fused-ring (bicyclic) bond motifs is 2. The Morgan fingerprint density at radius 3 is 2.35 bits per heavy atom. The summed E-state index contributed by atoms with van der Waals surface area (Å²) >= 11 is 1.93. The van der Waals surface area contributed by atoms with Gasteiger partial charge in [0, 0.05) is 30.2 Å². The molecule has 0 bridgehead atoms. The standard InChI is InChI=1S/C11H13N.C9H11NS/c1-2-12-9-5-7-10-6-3-4-8-11(10)12;1-2-10-7-11-9-6-4-3-5-8(9)10/h3-8H,2,9H2,1H3;3-6H,2,7H2,1H3. The van der Waals surface area contributed by atoms with E-state index in [4.69, 9.17) is 0 Å². The highest BCUT2D eigenvalue weighted by Gasteiger charge is 2.16. The van der Waals surface area contributed by atoms with Crippen molar-refractivity contribution in [2.24, 2.45) is 0 Å². The molecule has 120 valence electrons. The molecule has 2 heterocycles. The fourth-order valence-electron chi connectivity index (χ4n) is 2.94. The van der Waals surface area contributed by atoms with E-state index in [-0.39, 0.29) is 0 Å². The van der Waals surface area contributed by atoms with E-state index >= 15 is 0 Å². The lowest BCUT2D eigenvalue weighted by atomic mass is 10.1. The summed E-state index contributed by atoms with van der Waals surface area (Å²) in [5.41, 5.74) is 4.10. The highest BCUT2D eigenvalue weighted by molar-refractivity contribution is 7.99. The van der Waals surface area contributed by atoms with E-state index in [2.05, 4.69) is 84.3 Å². The summed E-state index contributed by atoms with van der Waals surface area (Å²) < 4.78 is 0. The summed E-state index contributed by atoms with van der Waals surface area (Å²) in [6, 6.07) is 17.1. The molecule has 4 rings (SSSR count). The Morgan fingerprint density at radius 2 is 1.57 bits per heavy atom. The number of thioether (sulfide) groups is 1. The van der Waals surface area contributed by atoms with Crippen LogP contribution in [0.15, 0.2) is 59.5 Å². The van der Waals surface area contributed by atoms with E-state index in [0.717, 1.165) is 25.5 Å². The van der Waals surface area contributed by atoms with Crippen molar-refractivity contribution in [2.45, 2.75) is 18.7 Å². The molecule has 0 saturated carbocycles. The van der Waals surface area contributed by atoms with E-state index in [0.29, 0.717) is 0 Å². The van der Waals surface area contributed by atoms with Gasteiger partial charge in [-0.25, -0.2) is 0 Å². The lowest BCUT2D eigenvalue weighted by Gasteiger charge is -2.26. The second-order valence-corrected chi connectivity index (χ2v) is 6.58. The van der Waals surface area contributed by atoms with Gasteiger partial charge in [0.1, 0.15) is 0 Å². The molecule has 2 nitrogen and oxygen atoms in total. The number of hydrogen-bond acceptors (Lipinski definition) is 3. The first-order valence-corrected chi connectivity index (χ1v) is 9.29. The minimum Gasteiger partial charge on any atom is -0.368 e. The SMILES string of the molecule is CCN1CC=Cc2ccccc21.CCN1CSc2ccccc21. The Kier molecular flexibility index (Phi) is 5.29. The predicted molar refractivity (Wildman–Crippen MR) is 104 cm³/mol. The second-order valence-electron chi connectivity index (χ2n) is 5.60. The molecule has 3 heteroatoms. The van der Waals surface area contributed by atoms with Crippen molar-refractivity contribution in [1.82, 2.24) is 0 Å². The van der Waals surface area contributed by atoms with Crippen molar-refractivity contribution < 1.29 is 0 Å². The summed E-state index contributed by atoms with van der Waals surface area (Å²) in [6.45, 7) is 7.64. The smallest absolute Gasteiger partial charge is 0.0686 e. The van der Waals surface area contributed by atoms with Gasteiger partial charge < -0.3 is 9.80 Å². The molecule has 0 aromatic heterocycles. The van der Waals surface area contributed by atoms with Crippen LogP contribution in [0.2, 0.25) is 0 Å². The molecule has 2 aromatic carbocycles. The van der Waals surface area contributed by atoms with Crippen LogP contribution >= 0.6 is 11.8 Å². The zero-order valence-corrected chi connectivity index (χ0v) is 14.7. The molecule has 2 aromatic rings. The minimum atomic E-state index is 1.05. The van der Waals surface area contributed by atoms with Gasteiger partial charge in [-0.3, -0.25) is 0 Å². The molecular weight excluding hydrogens is 300 g/mol. The van der Waals surface area contributed by atoms with Crippen LogP contribution in [0.1, 0.15) is 19.4 Å². The number of hydrogen-bond donors (Lipinski definition) is 0. The third-order valence-electron chi connectivity index (χ3n) is 4.25. The molecule has 0 aliphatic carbocycles. The van der Waals surface area contributed by atoms with Crippen molar-refractivity contribution in [3.8, 4) is 0 Å². The molecule has 0 radical (unpaired) electrons. The van der Waals surface area contributed by atoms with Crippen LogP contribution in [0, 0.1) is 0 Å². The van der Waals surface area contributed by atoms with Crippen LogP contribution < -0.4 is 9.80 Å². The molecular formula is C20H24N2S. The van der Waals surface area contributed by atoms with E-state index in [1.165, 1.54) is 21.8 Å². The average Bonchev–Trinajstić information content (AvgIpc) is 3.05. The molecule has 0 spiro atoms. The van der Waals surface area contributed by atoms with Crippen molar-refractivity contribution in [1.29, 1.82) is 0 Å². The lowest BCUT2D eigenvalue weighted by Crippen LogP contribution is -2.25. The number of likely N-dealkylation sites (N-methyl/N-ethyl adjacent to an activating group) is 1. The summed E-state index contributed by atoms with van der Waals surface area (Å²) in [7, 11) is 0. The van der Waals surface area contributed by atoms with Gasteiger partial charge in [-0.15, -0.1) is 11.8 Å². The normalized spacial score (nSPS) is 14.9. The zero-order chi connectivity index (χ0) is 16.1. The average molecular weight is 324 g/mol. The highest BCUT2D eigenvalue weighted by atomic mass is 32.2. The minimum absolute atomic E-state index is 1.05. The maximum Gasteiger partial charge on any atom is 0.0686 e. The summed E-state index contributed by atoms with van der Waals surface area (Å²) in [4.78, 5) is 6.18. The summed E-state index contributed by atoms with van der Waals surface area (Å²) in [6.07, 6.45) is 4.41. The monoisotopic (exact) mass is 324 g/mol. The second kappa shape index (κ2) is 7.60. The van der Waals surface area contributed by atoms with E-state index in [1.807, 2.05) is 11.8 Å². The van der Waals surface area contributed by atoms with Gasteiger partial charge in [-0.1, -0.05) is 42.5 Å². The summed E-state index contributed by atoms with van der Waals surface area (Å²) in [5, 5.41) is 0. The van der Waals surface area contributed by atoms with Gasteiger partial charge in [-0.2, -0.15) is 0 Å². The molecule has 2 aliphatic rings. The summed E-state index contributed by atoms with van der Waals surface area (Å²) in [5.74, 6) is 1.12. The lowest BCUT2D eigenvalue weighted by molar-refractivity contribution is 0.899. The van der Waals surface area contributed by atoms with Crippen LogP contribution in [0.3, 0.4) is 0 Å². The van der Waals surface area contributed by atoms with Crippen molar-refractivity contribution in [3.63, 3.8) is 0 Å². The zero-order valence-electron chi connectivity index (χ0n) is 13.9. The van der Waals surface area contributed by atoms with Crippen LogP contribution in [0.5, 0.6) is 0 Å². The molecule has 23 heavy (non-hydrogen) atoms. The molecule has 0 unspecified atom stereocenters. The number of nitrogens with zero attached hydrogens (tertiary/aromatic N) is 2. The highest BCUT2D eigenvalue weighted by Crippen LogP contribution is 2.37. The molecule has 0 amide bonds. The Hall–Kier alpha value is -1.87. The number of rotatable bonds is 2. The number of para-hydroxylation sites is 2. The van der Waals surface area contributed by atoms with Crippen LogP contribution in [0.25, 0.3) is 6.08 Å². The molecule has 2 aliphatic heterocycles. The van der Waals surface area contributed by atoms with Crippen LogP contribution in [-0.2, 0) is 0 Å². The fourth-order valence-corrected chi connectivity index (χ4v) is 4.08. The third kappa shape index (κ3) is 3.56. The van der Waals surface area contributed by atoms with Gasteiger partial charge in [0.05, 0.1) is 11.6 Å². The van der Waals surface area contributed by atoms with Gasteiger partial charge in [-0.05, 0) is 37.6 Å². The van der Waals surface area contributed by atoms with Crippen molar-refractivity contribution >= 4 is 29.2 Å². The topological polar surface area (TPSA) is 6.48 Å². The first-order valence-electron chi connectivity index (χ1n) is 8.30. The van der Waals surface area contributed by atoms with Crippen LogP contribution in [-0.4, -0.2) is 25.5 Å². The van der Waals surface area contributed by atoms with Crippen LogP contribution in [0.4, 0.5) is 11.4 Å². The van der Waals surface area contributed by atoms with Gasteiger partial charge in [0.25, 0.3) is 0 Å². The largest absolute Gasteiger partial charge is 0.368 e. The van der Waals surface area contributed by atoms with Gasteiger partial charge in [0.15, 0.2) is 0 Å². The molecule has 0 saturated heterocycles. The predicted octanol–water partition coefficient (Wildman–Crippen LogP) is 5.12. The Balaban J connectivity index is 0.000000136. The maximum absolute atomic E-state index is 2.39. The maximum atomic E-state index is 2.39. The molecule has 0 fully saturated rings. The number of anilines is 2. The third-order valence-corrected chi connectivity index (χ3v) is 5.34. The first kappa shape index (κ1) is 16.0. The Morgan fingerprint density at radius 1 is 0.870 bits per heavy atom. The first-order chi connectivity index (χ1) is 11.3. The van der Waals surface area contributed by atoms with Gasteiger partial charge in [0.2, 0.25) is 0 Å². The van der Waals surface area contributed by atoms with Crippen molar-refractivity contribution in [3.05, 3.63) is 60.2 Å². The Bertz CT molecular complexity index is 681. The molecule has 0 atom stereocenters. The number of benzene rings is 2. The van der Waals surface area contributed by atoms with E-state index in [1.54, 1.807) is 0 Å². The van der Waals surface area contributed by atoms with Crippen molar-refractivity contribution in [2.75, 3.05) is 35.3 Å². The Labute approximate surface area is 143 Å². The fraction of sp³-hybridized carbons (Fsp3) is 0.300. The quantitative estimate of drug-likeness (QED) is 0.757. The molecule has 0 N–H and O–H groups in total. The van der Waals surface area contributed by atoms with Gasteiger partial charge >= 0.3 is 0 Å². The van der Waals surface area contributed by atoms with E-state index in [9.17, 15) is 0 Å².